The number of aromatic hydroxyl groups is 4. The minimum absolute atomic E-state index is 0.0463. The molecule has 3 aliphatic carbocycles. The summed E-state index contributed by atoms with van der Waals surface area (Å²) in [5.74, 6) is -7.15. The largest absolute Gasteiger partial charge is 0.508 e. The third kappa shape index (κ3) is 2.77. The number of rotatable bonds is 3. The molecule has 6 atom stereocenters. The van der Waals surface area contributed by atoms with E-state index < -0.39 is 46.3 Å². The van der Waals surface area contributed by atoms with E-state index in [0.717, 1.165) is 17.7 Å². The highest BCUT2D eigenvalue weighted by Crippen LogP contribution is 2.65. The molecule has 5 unspecified atom stereocenters. The minimum atomic E-state index is -2.10. The van der Waals surface area contributed by atoms with Crippen LogP contribution in [0.3, 0.4) is 0 Å². The molecule has 2 aromatic carbocycles. The molecule has 0 amide bonds. The first-order chi connectivity index (χ1) is 16.7. The van der Waals surface area contributed by atoms with Crippen molar-refractivity contribution >= 4 is 16.8 Å². The number of carbonyl (C=O) groups excluding carboxylic acids is 1. The van der Waals surface area contributed by atoms with Crippen LogP contribution in [0.15, 0.2) is 39.5 Å². The standard InChI is InChI=1S/C25H22O10/c1-33-16-4-9(2-3-14(16)27)18-11-7-12(20-13(18)8-34-25(20,32)24(11)31)23-22(30)21(29)19-15(28)5-10(26)6-17(19)35-23/h2-6,11-13,18,20,26-28,30,32H,7-8H2,1H3/t11?,12?,13?,18?,20?,25-/m1/s1. The van der Waals surface area contributed by atoms with E-state index in [1.54, 1.807) is 12.1 Å². The van der Waals surface area contributed by atoms with E-state index in [0.29, 0.717) is 0 Å². The molecular weight excluding hydrogens is 460 g/mol. The number of phenolic OH excluding ortho intramolecular Hbond substituents is 3. The summed E-state index contributed by atoms with van der Waals surface area (Å²) in [6.07, 6.45) is 0.159. The lowest BCUT2D eigenvalue weighted by Crippen LogP contribution is -2.60. The molecule has 4 bridgehead atoms. The van der Waals surface area contributed by atoms with Crippen LogP contribution in [0.2, 0.25) is 0 Å². The molecule has 1 aliphatic heterocycles. The van der Waals surface area contributed by atoms with Crippen molar-refractivity contribution in [2.45, 2.75) is 24.0 Å². The number of ether oxygens (including phenoxy) is 2. The Kier molecular flexibility index (Phi) is 4.43. The zero-order valence-corrected chi connectivity index (χ0v) is 18.5. The van der Waals surface area contributed by atoms with Gasteiger partial charge in [-0.25, -0.2) is 0 Å². The van der Waals surface area contributed by atoms with Gasteiger partial charge in [0.2, 0.25) is 17.0 Å². The Balaban J connectivity index is 1.50. The van der Waals surface area contributed by atoms with Crippen LogP contribution < -0.4 is 10.2 Å². The summed E-state index contributed by atoms with van der Waals surface area (Å²) in [5.41, 5.74) is -0.280. The van der Waals surface area contributed by atoms with Gasteiger partial charge in [0, 0.05) is 29.9 Å². The fraction of sp³-hybridized carbons (Fsp3) is 0.360. The molecule has 2 heterocycles. The number of phenols is 3. The molecule has 1 saturated heterocycles. The van der Waals surface area contributed by atoms with Gasteiger partial charge in [-0.3, -0.25) is 9.59 Å². The molecule has 0 spiro atoms. The first-order valence-corrected chi connectivity index (χ1v) is 11.1. The van der Waals surface area contributed by atoms with E-state index >= 15 is 0 Å². The van der Waals surface area contributed by atoms with Gasteiger partial charge in [-0.2, -0.15) is 0 Å². The van der Waals surface area contributed by atoms with Gasteiger partial charge in [0.25, 0.3) is 0 Å². The van der Waals surface area contributed by atoms with Crippen molar-refractivity contribution in [1.82, 2.24) is 0 Å². The second-order valence-electron chi connectivity index (χ2n) is 9.45. The summed E-state index contributed by atoms with van der Waals surface area (Å²) in [7, 11) is 1.42. The van der Waals surface area contributed by atoms with Crippen LogP contribution in [0, 0.1) is 17.8 Å². The maximum absolute atomic E-state index is 13.3. The average molecular weight is 482 g/mol. The quantitative estimate of drug-likeness (QED) is 0.373. The number of carbonyl (C=O) groups is 1. The molecule has 7 rings (SSSR count). The summed E-state index contributed by atoms with van der Waals surface area (Å²) < 4.78 is 16.7. The number of ketones is 1. The highest BCUT2D eigenvalue weighted by atomic mass is 16.6. The molecule has 10 heteroatoms. The monoisotopic (exact) mass is 482 g/mol. The highest BCUT2D eigenvalue weighted by molar-refractivity contribution is 5.92. The van der Waals surface area contributed by atoms with Gasteiger partial charge in [0.15, 0.2) is 23.0 Å². The predicted octanol–water partition coefficient (Wildman–Crippen LogP) is 2.05. The maximum Gasteiger partial charge on any atom is 0.238 e. The third-order valence-electron chi connectivity index (χ3n) is 7.82. The van der Waals surface area contributed by atoms with E-state index in [4.69, 9.17) is 13.9 Å². The summed E-state index contributed by atoms with van der Waals surface area (Å²) in [6.45, 7) is 0.0634. The lowest BCUT2D eigenvalue weighted by molar-refractivity contribution is -0.221. The van der Waals surface area contributed by atoms with Gasteiger partial charge >= 0.3 is 0 Å². The zero-order chi connectivity index (χ0) is 24.8. The van der Waals surface area contributed by atoms with Crippen molar-refractivity contribution in [3.63, 3.8) is 0 Å². The Hall–Kier alpha value is -3.76. The van der Waals surface area contributed by atoms with Gasteiger partial charge in [0.05, 0.1) is 13.7 Å². The topological polar surface area (TPSA) is 167 Å². The van der Waals surface area contributed by atoms with Crippen molar-refractivity contribution in [2.24, 2.45) is 17.8 Å². The van der Waals surface area contributed by atoms with Crippen LogP contribution in [0.5, 0.6) is 28.7 Å². The van der Waals surface area contributed by atoms with Crippen molar-refractivity contribution < 1.29 is 44.2 Å². The lowest BCUT2D eigenvalue weighted by atomic mass is 9.51. The number of aliphatic hydroxyl groups is 1. The van der Waals surface area contributed by atoms with Crippen molar-refractivity contribution in [3.05, 3.63) is 51.9 Å². The Morgan fingerprint density at radius 1 is 1.03 bits per heavy atom. The molecule has 1 aromatic heterocycles. The van der Waals surface area contributed by atoms with E-state index in [2.05, 4.69) is 0 Å². The number of benzene rings is 2. The first-order valence-electron chi connectivity index (χ1n) is 11.1. The molecule has 0 radical (unpaired) electrons. The Morgan fingerprint density at radius 2 is 1.80 bits per heavy atom. The SMILES string of the molecule is COc1cc(C2C3CC(c4oc5cc(O)cc(O)c5c(=O)c4O)C4C2CO[C@@]4(O)C3=O)ccc1O. The van der Waals surface area contributed by atoms with E-state index in [9.17, 15) is 35.1 Å². The van der Waals surface area contributed by atoms with Crippen LogP contribution in [0.4, 0.5) is 0 Å². The fourth-order valence-electron chi connectivity index (χ4n) is 6.44. The molecule has 3 saturated carbocycles. The molecule has 5 N–H and O–H groups in total. The van der Waals surface area contributed by atoms with Crippen LogP contribution in [-0.4, -0.2) is 50.8 Å². The van der Waals surface area contributed by atoms with Crippen molar-refractivity contribution in [1.29, 1.82) is 0 Å². The Morgan fingerprint density at radius 3 is 2.54 bits per heavy atom. The van der Waals surface area contributed by atoms with Gasteiger partial charge in [0.1, 0.15) is 22.5 Å². The van der Waals surface area contributed by atoms with E-state index in [-0.39, 0.29) is 58.8 Å². The summed E-state index contributed by atoms with van der Waals surface area (Å²) in [5, 5.41) is 51.7. The van der Waals surface area contributed by atoms with Gasteiger partial charge in [-0.05, 0) is 36.0 Å². The van der Waals surface area contributed by atoms with Crippen LogP contribution in [0.25, 0.3) is 11.0 Å². The second-order valence-corrected chi connectivity index (χ2v) is 9.45. The molecule has 4 aliphatic rings. The van der Waals surface area contributed by atoms with Gasteiger partial charge in [-0.1, -0.05) is 6.07 Å². The molecule has 10 nitrogen and oxygen atoms in total. The highest BCUT2D eigenvalue weighted by Gasteiger charge is 2.70. The summed E-state index contributed by atoms with van der Waals surface area (Å²) in [6, 6.07) is 6.94. The smallest absolute Gasteiger partial charge is 0.238 e. The number of fused-ring (bicyclic) bond motifs is 2. The molecule has 3 aromatic rings. The van der Waals surface area contributed by atoms with E-state index in [1.807, 2.05) is 0 Å². The Labute approximate surface area is 197 Å². The van der Waals surface area contributed by atoms with Crippen LogP contribution in [0.1, 0.15) is 29.6 Å². The Bertz CT molecular complexity index is 1460. The summed E-state index contributed by atoms with van der Waals surface area (Å²) in [4.78, 5) is 26.2. The molecule has 4 fully saturated rings. The molecule has 35 heavy (non-hydrogen) atoms. The zero-order valence-electron chi connectivity index (χ0n) is 18.5. The van der Waals surface area contributed by atoms with Crippen LogP contribution in [-0.2, 0) is 9.53 Å². The van der Waals surface area contributed by atoms with Crippen LogP contribution >= 0.6 is 0 Å². The predicted molar refractivity (Wildman–Crippen MR) is 119 cm³/mol. The number of hydrogen-bond acceptors (Lipinski definition) is 10. The number of hydrogen-bond donors (Lipinski definition) is 5. The molecular formula is C25H22O10. The fourth-order valence-corrected chi connectivity index (χ4v) is 6.44. The second kappa shape index (κ2) is 7.12. The van der Waals surface area contributed by atoms with Gasteiger partial charge in [-0.15, -0.1) is 0 Å². The van der Waals surface area contributed by atoms with Gasteiger partial charge < -0.3 is 39.4 Å². The third-order valence-corrected chi connectivity index (χ3v) is 7.82. The maximum atomic E-state index is 13.3. The van der Waals surface area contributed by atoms with Crippen molar-refractivity contribution in [3.8, 4) is 28.7 Å². The van der Waals surface area contributed by atoms with E-state index in [1.165, 1.54) is 13.2 Å². The average Bonchev–Trinajstić information content (AvgIpc) is 3.14. The van der Waals surface area contributed by atoms with Crippen molar-refractivity contribution in [2.75, 3.05) is 13.7 Å². The molecule has 182 valence electrons. The lowest BCUT2D eigenvalue weighted by Gasteiger charge is -2.52. The minimum Gasteiger partial charge on any atom is -0.508 e. The first kappa shape index (κ1) is 21.8. The normalized spacial score (nSPS) is 31.3. The summed E-state index contributed by atoms with van der Waals surface area (Å²) >= 11 is 0. The number of methoxy groups -OCH3 is 1. The number of Topliss-reactive ketones (excluding diaryl/α,β-unsaturated/α-hetero) is 1.